The number of carbonyl (C=O) groups is 2. The Morgan fingerprint density at radius 3 is 2.24 bits per heavy atom. The van der Waals surface area contributed by atoms with Crippen molar-refractivity contribution in [2.45, 2.75) is 34.6 Å². The lowest BCUT2D eigenvalue weighted by atomic mass is 10.0. The number of hydrogen-bond acceptors (Lipinski definition) is 3. The van der Waals surface area contributed by atoms with E-state index in [4.69, 9.17) is 4.74 Å². The Balaban J connectivity index is 1.86. The molecule has 1 aliphatic heterocycles. The molecule has 0 radical (unpaired) electrons. The number of esters is 1. The molecule has 0 spiro atoms. The third-order valence-corrected chi connectivity index (χ3v) is 6.21. The Kier molecular flexibility index (Phi) is 5.81. The van der Waals surface area contributed by atoms with Gasteiger partial charge in [0.2, 0.25) is 0 Å². The maximum absolute atomic E-state index is 13.6. The number of anilines is 1. The normalized spacial score (nSPS) is 15.0. The van der Waals surface area contributed by atoms with Crippen LogP contribution in [0.5, 0.6) is 0 Å². The number of amides is 1. The van der Waals surface area contributed by atoms with Gasteiger partial charge in [0.15, 0.2) is 0 Å². The second kappa shape index (κ2) is 8.58. The van der Waals surface area contributed by atoms with Crippen LogP contribution in [0, 0.1) is 27.7 Å². The van der Waals surface area contributed by atoms with Crippen molar-refractivity contribution in [1.82, 2.24) is 4.57 Å². The van der Waals surface area contributed by atoms with E-state index in [1.165, 1.54) is 7.11 Å². The van der Waals surface area contributed by atoms with Crippen LogP contribution >= 0.6 is 0 Å². The summed E-state index contributed by atoms with van der Waals surface area (Å²) >= 11 is 0. The lowest BCUT2D eigenvalue weighted by molar-refractivity contribution is -0.136. The predicted octanol–water partition coefficient (Wildman–Crippen LogP) is 5.59. The second-order valence-electron chi connectivity index (χ2n) is 8.43. The monoisotopic (exact) mass is 440 g/mol. The highest BCUT2D eigenvalue weighted by Crippen LogP contribution is 2.36. The number of methoxy groups -OCH3 is 1. The summed E-state index contributed by atoms with van der Waals surface area (Å²) in [5.74, 6) is -0.758. The molecule has 5 heteroatoms. The van der Waals surface area contributed by atoms with Crippen LogP contribution in [0.4, 0.5) is 5.69 Å². The van der Waals surface area contributed by atoms with Gasteiger partial charge >= 0.3 is 5.97 Å². The zero-order valence-corrected chi connectivity index (χ0v) is 19.9. The van der Waals surface area contributed by atoms with Gasteiger partial charge in [-0.05, 0) is 76.1 Å². The Labute approximate surface area is 194 Å². The van der Waals surface area contributed by atoms with Crippen LogP contribution in [0.2, 0.25) is 0 Å². The molecule has 168 valence electrons. The van der Waals surface area contributed by atoms with Gasteiger partial charge in [0.05, 0.1) is 18.3 Å². The van der Waals surface area contributed by atoms with Gasteiger partial charge in [0.1, 0.15) is 0 Å². The molecule has 0 fully saturated rings. The van der Waals surface area contributed by atoms with E-state index in [2.05, 4.69) is 23.6 Å². The number of aryl methyl sites for hydroxylation is 3. The van der Waals surface area contributed by atoms with E-state index in [1.54, 1.807) is 11.8 Å². The molecule has 2 aromatic carbocycles. The number of carbonyl (C=O) groups excluding carboxylic acids is 2. The zero-order valence-electron chi connectivity index (χ0n) is 19.9. The number of ether oxygens (including phenoxy) is 1. The van der Waals surface area contributed by atoms with Crippen molar-refractivity contribution in [1.29, 1.82) is 0 Å². The van der Waals surface area contributed by atoms with Crippen LogP contribution < -0.4 is 4.90 Å². The van der Waals surface area contributed by atoms with Crippen LogP contribution in [-0.4, -0.2) is 23.6 Å². The molecule has 5 nitrogen and oxygen atoms in total. The summed E-state index contributed by atoms with van der Waals surface area (Å²) in [7, 11) is 1.34. The van der Waals surface area contributed by atoms with E-state index in [0.29, 0.717) is 16.8 Å². The highest BCUT2D eigenvalue weighted by molar-refractivity contribution is 6.23. The molecule has 1 aliphatic rings. The molecule has 0 N–H and O–H groups in total. The molecule has 0 saturated carbocycles. The van der Waals surface area contributed by atoms with E-state index in [-0.39, 0.29) is 5.91 Å². The molecule has 4 rings (SSSR count). The number of para-hydroxylation sites is 1. The van der Waals surface area contributed by atoms with Gasteiger partial charge in [-0.1, -0.05) is 35.9 Å². The minimum Gasteiger partial charge on any atom is -0.465 e. The molecule has 1 aromatic heterocycles. The largest absolute Gasteiger partial charge is 0.465 e. The highest BCUT2D eigenvalue weighted by atomic mass is 16.5. The standard InChI is InChI=1S/C28H28N2O3/c1-17-11-13-23(14-12-17)30-21(5)26(28(32)33-6)24(27(30)31)16-22-15-19(3)29(20(22)4)25-10-8-7-9-18(25)2/h7-16H,1-6H3/b24-16-. The van der Waals surface area contributed by atoms with E-state index >= 15 is 0 Å². The number of rotatable bonds is 4. The predicted molar refractivity (Wildman–Crippen MR) is 131 cm³/mol. The number of allylic oxidation sites excluding steroid dienone is 1. The van der Waals surface area contributed by atoms with Gasteiger partial charge in [0.25, 0.3) is 5.91 Å². The van der Waals surface area contributed by atoms with E-state index in [9.17, 15) is 9.59 Å². The van der Waals surface area contributed by atoms with Crippen molar-refractivity contribution in [2.75, 3.05) is 12.0 Å². The number of nitrogens with zero attached hydrogens (tertiary/aromatic N) is 2. The fraction of sp³-hybridized carbons (Fsp3) is 0.214. The van der Waals surface area contributed by atoms with Crippen molar-refractivity contribution in [3.8, 4) is 5.69 Å². The molecule has 1 amide bonds. The van der Waals surface area contributed by atoms with Gasteiger partial charge in [-0.15, -0.1) is 0 Å². The van der Waals surface area contributed by atoms with Gasteiger partial charge in [-0.3, -0.25) is 9.69 Å². The van der Waals surface area contributed by atoms with Crippen LogP contribution in [-0.2, 0) is 14.3 Å². The maximum Gasteiger partial charge on any atom is 0.340 e. The van der Waals surface area contributed by atoms with E-state index in [0.717, 1.165) is 39.5 Å². The molecule has 0 aliphatic carbocycles. The van der Waals surface area contributed by atoms with Crippen LogP contribution in [0.1, 0.15) is 35.0 Å². The zero-order chi connectivity index (χ0) is 23.9. The minimum atomic E-state index is -0.519. The summed E-state index contributed by atoms with van der Waals surface area (Å²) in [6.45, 7) is 9.92. The number of hydrogen-bond donors (Lipinski definition) is 0. The van der Waals surface area contributed by atoms with Crippen LogP contribution in [0.15, 0.2) is 71.4 Å². The van der Waals surface area contributed by atoms with Gasteiger partial charge in [-0.25, -0.2) is 4.79 Å². The molecule has 0 saturated heterocycles. The Morgan fingerprint density at radius 1 is 0.939 bits per heavy atom. The number of aromatic nitrogens is 1. The topological polar surface area (TPSA) is 51.5 Å². The lowest BCUT2D eigenvalue weighted by Gasteiger charge is -2.18. The van der Waals surface area contributed by atoms with Crippen LogP contribution in [0.25, 0.3) is 11.8 Å². The summed E-state index contributed by atoms with van der Waals surface area (Å²) in [5, 5.41) is 0. The third-order valence-electron chi connectivity index (χ3n) is 6.21. The van der Waals surface area contributed by atoms with Crippen molar-refractivity contribution in [3.63, 3.8) is 0 Å². The summed E-state index contributed by atoms with van der Waals surface area (Å²) in [5.41, 5.74) is 8.20. The molecule has 33 heavy (non-hydrogen) atoms. The highest BCUT2D eigenvalue weighted by Gasteiger charge is 2.38. The molecule has 0 atom stereocenters. The average Bonchev–Trinajstić information content (AvgIpc) is 3.20. The van der Waals surface area contributed by atoms with Crippen molar-refractivity contribution >= 4 is 23.6 Å². The first-order valence-corrected chi connectivity index (χ1v) is 10.9. The minimum absolute atomic E-state index is 0.238. The smallest absolute Gasteiger partial charge is 0.340 e. The van der Waals surface area contributed by atoms with Crippen molar-refractivity contribution in [2.24, 2.45) is 0 Å². The average molecular weight is 441 g/mol. The van der Waals surface area contributed by atoms with E-state index in [1.807, 2.05) is 69.3 Å². The molecule has 3 aromatic rings. The van der Waals surface area contributed by atoms with Crippen molar-refractivity contribution in [3.05, 3.63) is 99.5 Å². The maximum atomic E-state index is 13.6. The SMILES string of the molecule is COC(=O)C1=C(C)N(c2ccc(C)cc2)C(=O)/C1=C\c1cc(C)n(-c2ccccc2C)c1C. The number of benzene rings is 2. The van der Waals surface area contributed by atoms with E-state index < -0.39 is 5.97 Å². The Hall–Kier alpha value is -3.86. The third kappa shape index (κ3) is 3.80. The van der Waals surface area contributed by atoms with Gasteiger partial charge in [-0.2, -0.15) is 0 Å². The van der Waals surface area contributed by atoms with Crippen molar-refractivity contribution < 1.29 is 14.3 Å². The fourth-order valence-corrected chi connectivity index (χ4v) is 4.46. The summed E-state index contributed by atoms with van der Waals surface area (Å²) in [6, 6.07) is 17.9. The first-order valence-electron chi connectivity index (χ1n) is 10.9. The summed E-state index contributed by atoms with van der Waals surface area (Å²) < 4.78 is 7.22. The second-order valence-corrected chi connectivity index (χ2v) is 8.43. The summed E-state index contributed by atoms with van der Waals surface area (Å²) in [4.78, 5) is 27.9. The molecule has 0 bridgehead atoms. The fourth-order valence-electron chi connectivity index (χ4n) is 4.46. The molecular weight excluding hydrogens is 412 g/mol. The lowest BCUT2D eigenvalue weighted by Crippen LogP contribution is -2.24. The quantitative estimate of drug-likeness (QED) is 0.393. The summed E-state index contributed by atoms with van der Waals surface area (Å²) in [6.07, 6.45) is 1.81. The first kappa shape index (κ1) is 22.3. The Morgan fingerprint density at radius 2 is 1.61 bits per heavy atom. The molecular formula is C28H28N2O3. The molecule has 2 heterocycles. The Bertz CT molecular complexity index is 1320. The first-order chi connectivity index (χ1) is 15.7. The molecule has 0 unspecified atom stereocenters. The van der Waals surface area contributed by atoms with Crippen LogP contribution in [0.3, 0.4) is 0 Å². The van der Waals surface area contributed by atoms with Gasteiger partial charge in [0, 0.05) is 28.5 Å². The van der Waals surface area contributed by atoms with Gasteiger partial charge < -0.3 is 9.30 Å².